The van der Waals surface area contributed by atoms with Gasteiger partial charge >= 0.3 is 0 Å². The monoisotopic (exact) mass is 370 g/mol. The van der Waals surface area contributed by atoms with Crippen molar-refractivity contribution in [1.29, 1.82) is 0 Å². The van der Waals surface area contributed by atoms with Gasteiger partial charge < -0.3 is 14.6 Å². The number of halogens is 2. The maximum Gasteiger partial charge on any atom is 0.162 e. The molecule has 2 aromatic rings. The van der Waals surface area contributed by atoms with Gasteiger partial charge in [0.25, 0.3) is 0 Å². The highest BCUT2D eigenvalue weighted by Crippen LogP contribution is 2.38. The molecule has 0 radical (unpaired) electrons. The normalized spacial score (nSPS) is 12.1. The molecule has 0 aliphatic heterocycles. The van der Waals surface area contributed by atoms with E-state index in [1.807, 2.05) is 25.1 Å². The van der Waals surface area contributed by atoms with Crippen molar-refractivity contribution in [3.63, 3.8) is 0 Å². The zero-order chi connectivity index (χ0) is 15.6. The molecule has 0 heterocycles. The van der Waals surface area contributed by atoms with Gasteiger partial charge in [-0.1, -0.05) is 33.6 Å². The van der Waals surface area contributed by atoms with E-state index in [1.54, 1.807) is 26.4 Å². The highest BCUT2D eigenvalue weighted by molar-refractivity contribution is 9.10. The van der Waals surface area contributed by atoms with Crippen LogP contribution in [0.5, 0.6) is 11.5 Å². The Morgan fingerprint density at radius 3 is 2.24 bits per heavy atom. The Hall–Kier alpha value is -1.23. The van der Waals surface area contributed by atoms with Crippen LogP contribution in [0.3, 0.4) is 0 Å². The Kier molecular flexibility index (Phi) is 5.14. The maximum absolute atomic E-state index is 10.6. The third-order valence-electron chi connectivity index (χ3n) is 3.32. The Labute approximate surface area is 137 Å². The summed E-state index contributed by atoms with van der Waals surface area (Å²) in [4.78, 5) is 0. The molecule has 1 N–H and O–H groups in total. The van der Waals surface area contributed by atoms with E-state index in [0.29, 0.717) is 22.1 Å². The molecule has 2 rings (SSSR count). The third-order valence-corrected chi connectivity index (χ3v) is 4.14. The van der Waals surface area contributed by atoms with E-state index >= 15 is 0 Å². The molecule has 3 nitrogen and oxygen atoms in total. The molecule has 112 valence electrons. The first-order chi connectivity index (χ1) is 9.97. The van der Waals surface area contributed by atoms with Crippen LogP contribution in [0.2, 0.25) is 5.02 Å². The zero-order valence-electron chi connectivity index (χ0n) is 12.0. The summed E-state index contributed by atoms with van der Waals surface area (Å²) in [7, 11) is 3.09. The number of rotatable bonds is 4. The SMILES string of the molecule is COc1cc(Cl)c(C(O)c2ccc(Br)cc2C)cc1OC. The van der Waals surface area contributed by atoms with Gasteiger partial charge in [-0.05, 0) is 36.2 Å². The largest absolute Gasteiger partial charge is 0.493 e. The summed E-state index contributed by atoms with van der Waals surface area (Å²) < 4.78 is 11.4. The van der Waals surface area contributed by atoms with Crippen LogP contribution in [0.15, 0.2) is 34.8 Å². The molecular weight excluding hydrogens is 356 g/mol. The van der Waals surface area contributed by atoms with E-state index in [-0.39, 0.29) is 0 Å². The van der Waals surface area contributed by atoms with Crippen molar-refractivity contribution in [3.05, 3.63) is 56.5 Å². The number of benzene rings is 2. The van der Waals surface area contributed by atoms with Crippen molar-refractivity contribution >= 4 is 27.5 Å². The van der Waals surface area contributed by atoms with Crippen LogP contribution in [0.4, 0.5) is 0 Å². The molecule has 0 bridgehead atoms. The number of hydrogen-bond donors (Lipinski definition) is 1. The second-order valence-electron chi connectivity index (χ2n) is 4.63. The van der Waals surface area contributed by atoms with Gasteiger partial charge in [0.15, 0.2) is 11.5 Å². The van der Waals surface area contributed by atoms with Crippen LogP contribution in [-0.4, -0.2) is 19.3 Å². The lowest BCUT2D eigenvalue weighted by Gasteiger charge is -2.18. The summed E-state index contributed by atoms with van der Waals surface area (Å²) in [5.74, 6) is 1.07. The van der Waals surface area contributed by atoms with Crippen LogP contribution in [0, 0.1) is 6.92 Å². The summed E-state index contributed by atoms with van der Waals surface area (Å²) in [6.45, 7) is 1.94. The molecule has 0 aliphatic rings. The molecule has 0 amide bonds. The second-order valence-corrected chi connectivity index (χ2v) is 5.96. The van der Waals surface area contributed by atoms with E-state index in [2.05, 4.69) is 15.9 Å². The lowest BCUT2D eigenvalue weighted by molar-refractivity contribution is 0.219. The van der Waals surface area contributed by atoms with Gasteiger partial charge in [-0.3, -0.25) is 0 Å². The number of aliphatic hydroxyl groups is 1. The summed E-state index contributed by atoms with van der Waals surface area (Å²) in [6.07, 6.45) is -0.828. The zero-order valence-corrected chi connectivity index (χ0v) is 14.3. The van der Waals surface area contributed by atoms with Crippen LogP contribution < -0.4 is 9.47 Å². The molecule has 0 saturated carbocycles. The average Bonchev–Trinajstić information content (AvgIpc) is 2.46. The van der Waals surface area contributed by atoms with Crippen molar-refractivity contribution in [3.8, 4) is 11.5 Å². The van der Waals surface area contributed by atoms with Gasteiger partial charge in [-0.15, -0.1) is 0 Å². The van der Waals surface area contributed by atoms with Gasteiger partial charge in [0, 0.05) is 16.1 Å². The van der Waals surface area contributed by atoms with Crippen molar-refractivity contribution < 1.29 is 14.6 Å². The molecule has 0 fully saturated rings. The number of hydrogen-bond acceptors (Lipinski definition) is 3. The highest BCUT2D eigenvalue weighted by atomic mass is 79.9. The average molecular weight is 372 g/mol. The predicted molar refractivity (Wildman–Crippen MR) is 87.5 cm³/mol. The van der Waals surface area contributed by atoms with E-state index in [0.717, 1.165) is 15.6 Å². The molecule has 1 unspecified atom stereocenters. The molecule has 0 saturated heterocycles. The van der Waals surface area contributed by atoms with Gasteiger partial charge in [0.1, 0.15) is 6.10 Å². The van der Waals surface area contributed by atoms with E-state index in [9.17, 15) is 5.11 Å². The van der Waals surface area contributed by atoms with Gasteiger partial charge in [0.2, 0.25) is 0 Å². The number of aryl methyl sites for hydroxylation is 1. The van der Waals surface area contributed by atoms with Crippen LogP contribution in [0.1, 0.15) is 22.8 Å². The number of ether oxygens (including phenoxy) is 2. The topological polar surface area (TPSA) is 38.7 Å². The van der Waals surface area contributed by atoms with Crippen LogP contribution in [-0.2, 0) is 0 Å². The minimum Gasteiger partial charge on any atom is -0.493 e. The van der Waals surface area contributed by atoms with Crippen molar-refractivity contribution in [2.45, 2.75) is 13.0 Å². The lowest BCUT2D eigenvalue weighted by atomic mass is 9.97. The Morgan fingerprint density at radius 1 is 1.05 bits per heavy atom. The van der Waals surface area contributed by atoms with Crippen molar-refractivity contribution in [2.24, 2.45) is 0 Å². The minimum atomic E-state index is -0.828. The molecule has 1 atom stereocenters. The molecule has 0 spiro atoms. The molecule has 0 aromatic heterocycles. The third kappa shape index (κ3) is 3.34. The van der Waals surface area contributed by atoms with E-state index < -0.39 is 6.10 Å². The maximum atomic E-state index is 10.6. The van der Waals surface area contributed by atoms with Crippen LogP contribution in [0.25, 0.3) is 0 Å². The van der Waals surface area contributed by atoms with Gasteiger partial charge in [0.05, 0.1) is 19.2 Å². The summed E-state index contributed by atoms with van der Waals surface area (Å²) in [5, 5.41) is 11.1. The Bertz CT molecular complexity index is 658. The first-order valence-electron chi connectivity index (χ1n) is 6.33. The highest BCUT2D eigenvalue weighted by Gasteiger charge is 2.19. The van der Waals surface area contributed by atoms with Crippen molar-refractivity contribution in [1.82, 2.24) is 0 Å². The Balaban J connectivity index is 2.50. The molecule has 21 heavy (non-hydrogen) atoms. The van der Waals surface area contributed by atoms with E-state index in [1.165, 1.54) is 0 Å². The standard InChI is InChI=1S/C16H16BrClO3/c1-9-6-10(17)4-5-11(9)16(19)12-7-14(20-2)15(21-3)8-13(12)18/h4-8,16,19H,1-3H3. The van der Waals surface area contributed by atoms with E-state index in [4.69, 9.17) is 21.1 Å². The fourth-order valence-corrected chi connectivity index (χ4v) is 2.93. The summed E-state index contributed by atoms with van der Waals surface area (Å²) in [5.41, 5.74) is 2.36. The van der Waals surface area contributed by atoms with Gasteiger partial charge in [-0.25, -0.2) is 0 Å². The number of methoxy groups -OCH3 is 2. The van der Waals surface area contributed by atoms with Gasteiger partial charge in [-0.2, -0.15) is 0 Å². The molecule has 0 aliphatic carbocycles. The fourth-order valence-electron chi connectivity index (χ4n) is 2.19. The van der Waals surface area contributed by atoms with Crippen molar-refractivity contribution in [2.75, 3.05) is 14.2 Å². The lowest BCUT2D eigenvalue weighted by Crippen LogP contribution is -2.04. The smallest absolute Gasteiger partial charge is 0.162 e. The predicted octanol–water partition coefficient (Wildman–Crippen LogP) is 4.51. The first kappa shape index (κ1) is 16.1. The quantitative estimate of drug-likeness (QED) is 0.859. The minimum absolute atomic E-state index is 0.433. The summed E-state index contributed by atoms with van der Waals surface area (Å²) in [6, 6.07) is 9.06. The number of aliphatic hydroxyl groups excluding tert-OH is 1. The summed E-state index contributed by atoms with van der Waals surface area (Å²) >= 11 is 9.67. The molecule has 2 aromatic carbocycles. The first-order valence-corrected chi connectivity index (χ1v) is 7.50. The Morgan fingerprint density at radius 2 is 1.67 bits per heavy atom. The van der Waals surface area contributed by atoms with Crippen LogP contribution >= 0.6 is 27.5 Å². The fraction of sp³-hybridized carbons (Fsp3) is 0.250. The molecule has 5 heteroatoms. The molecular formula is C16H16BrClO3. The second kappa shape index (κ2) is 6.69.